The van der Waals surface area contributed by atoms with Crippen molar-refractivity contribution in [3.05, 3.63) is 111 Å². The molecule has 5 heteroatoms. The van der Waals surface area contributed by atoms with E-state index >= 15 is 0 Å². The van der Waals surface area contributed by atoms with Crippen LogP contribution in [0.4, 0.5) is 0 Å². The van der Waals surface area contributed by atoms with Crippen molar-refractivity contribution in [3.63, 3.8) is 0 Å². The van der Waals surface area contributed by atoms with Crippen molar-refractivity contribution in [2.75, 3.05) is 0 Å². The van der Waals surface area contributed by atoms with Crippen LogP contribution in [0.5, 0.6) is 0 Å². The van der Waals surface area contributed by atoms with Gasteiger partial charge < -0.3 is 37.2 Å². The van der Waals surface area contributed by atoms with E-state index in [4.69, 9.17) is 0 Å². The molecule has 3 aromatic rings. The predicted octanol–water partition coefficient (Wildman–Crippen LogP) is -0.670. The van der Waals surface area contributed by atoms with Gasteiger partial charge in [-0.05, 0) is 87.5 Å². The summed E-state index contributed by atoms with van der Waals surface area (Å²) < 4.78 is 0. The Morgan fingerprint density at radius 3 is 1.11 bits per heavy atom. The topological polar surface area (TPSA) is 0 Å². The van der Waals surface area contributed by atoms with Crippen molar-refractivity contribution in [1.29, 1.82) is 0 Å². The number of hydrogen-bond donors (Lipinski definition) is 0. The fourth-order valence-corrected chi connectivity index (χ4v) is 11.7. The molecule has 0 bridgehead atoms. The van der Waals surface area contributed by atoms with E-state index in [0.29, 0.717) is 0 Å². The summed E-state index contributed by atoms with van der Waals surface area (Å²) in [6, 6.07) is 22.8. The second-order valence-electron chi connectivity index (χ2n) is 11.6. The first-order valence-corrected chi connectivity index (χ1v) is 18.2. The van der Waals surface area contributed by atoms with Crippen molar-refractivity contribution in [2.45, 2.75) is 113 Å². The molecule has 4 rings (SSSR count). The van der Waals surface area contributed by atoms with Gasteiger partial charge in [0.1, 0.15) is 0 Å². The fraction of sp³-hybridized carbons (Fsp3) is 0.436. The molecule has 0 amide bonds. The SMILES string of the molecule is CCCCC1=CCC([Si](c2cc(CC)cc(CC)c2)(c2cc(CC)cc(CC)c2)c2cc(CC)cc(CC)c2)=[C-]1.[Cl-].[Cl-].[Cl-].[Ti+4]. The first-order valence-electron chi connectivity index (χ1n) is 16.2. The number of hydrogen-bond acceptors (Lipinski definition) is 0. The quantitative estimate of drug-likeness (QED) is 0.126. The third kappa shape index (κ3) is 9.27. The number of unbranched alkanes of at least 4 members (excludes halogenated alkanes) is 1. The van der Waals surface area contributed by atoms with Crippen LogP contribution >= 0.6 is 0 Å². The Bertz CT molecular complexity index is 1190. The van der Waals surface area contributed by atoms with Gasteiger partial charge in [-0.25, -0.2) is 11.6 Å². The molecule has 0 saturated carbocycles. The van der Waals surface area contributed by atoms with E-state index in [-0.39, 0.29) is 58.9 Å². The van der Waals surface area contributed by atoms with Crippen LogP contribution in [0.25, 0.3) is 0 Å². The summed E-state index contributed by atoms with van der Waals surface area (Å²) in [6.45, 7) is 16.2. The number of halogens is 3. The third-order valence-corrected chi connectivity index (χ3v) is 13.7. The van der Waals surface area contributed by atoms with Gasteiger partial charge in [-0.2, -0.15) is 5.20 Å². The summed E-state index contributed by atoms with van der Waals surface area (Å²) in [5.41, 5.74) is 10.2. The Hall–Kier alpha value is -1.06. The Morgan fingerprint density at radius 2 is 0.841 bits per heavy atom. The molecule has 0 heterocycles. The van der Waals surface area contributed by atoms with E-state index in [1.54, 1.807) is 20.8 Å². The van der Waals surface area contributed by atoms with Crippen LogP contribution < -0.4 is 52.8 Å². The monoisotopic (exact) mass is 700 g/mol. The van der Waals surface area contributed by atoms with Crippen molar-refractivity contribution >= 4 is 23.6 Å². The fourth-order valence-electron chi connectivity index (χ4n) is 6.48. The van der Waals surface area contributed by atoms with Gasteiger partial charge in [0.05, 0.1) is 0 Å². The Kier molecular flexibility index (Phi) is 19.7. The van der Waals surface area contributed by atoms with Gasteiger partial charge in [-0.1, -0.05) is 129 Å². The molecular weight excluding hydrogens is 651 g/mol. The standard InChI is InChI=1S/C39H51Si.3ClH.Ti/c1-8-15-16-35-17-18-36(28-35)40(37-22-29(9-2)19-30(10-3)23-37,38-24-31(11-4)20-32(12-5)25-38)39-26-33(13-6)21-34(14-7)27-39;;;;/h17,19-27H,8-16,18H2,1-7H3;3*1H;/q-1;;;;+4/p-3. The smallest absolute Gasteiger partial charge is 1.00 e. The maximum Gasteiger partial charge on any atom is 4.00 e. The molecule has 0 radical (unpaired) electrons. The maximum absolute atomic E-state index is 4.13. The molecular formula is C39H51Cl3SiTi. The van der Waals surface area contributed by atoms with Gasteiger partial charge >= 0.3 is 21.7 Å². The zero-order chi connectivity index (χ0) is 28.7. The molecule has 3 aromatic carbocycles. The van der Waals surface area contributed by atoms with Crippen molar-refractivity contribution < 1.29 is 58.9 Å². The molecule has 0 unspecified atom stereocenters. The third-order valence-electron chi connectivity index (χ3n) is 9.02. The number of allylic oxidation sites excluding steroid dienone is 4. The summed E-state index contributed by atoms with van der Waals surface area (Å²) in [5, 5.41) is 6.23. The molecule has 0 nitrogen and oxygen atoms in total. The van der Waals surface area contributed by atoms with E-state index in [2.05, 4.69) is 115 Å². The Labute approximate surface area is 304 Å². The molecule has 1 aliphatic rings. The van der Waals surface area contributed by atoms with Gasteiger partial charge in [-0.15, -0.1) is 0 Å². The molecule has 0 atom stereocenters. The van der Waals surface area contributed by atoms with Crippen LogP contribution in [-0.2, 0) is 60.2 Å². The summed E-state index contributed by atoms with van der Waals surface area (Å²) in [7, 11) is -2.60. The molecule has 0 saturated heterocycles. The summed E-state index contributed by atoms with van der Waals surface area (Å²) >= 11 is 0. The summed E-state index contributed by atoms with van der Waals surface area (Å²) in [5.74, 6) is 0. The van der Waals surface area contributed by atoms with Crippen LogP contribution in [0, 0.1) is 6.08 Å². The Morgan fingerprint density at radius 1 is 0.523 bits per heavy atom. The van der Waals surface area contributed by atoms with Crippen molar-refractivity contribution in [1.82, 2.24) is 0 Å². The first-order chi connectivity index (χ1) is 19.4. The van der Waals surface area contributed by atoms with E-state index in [1.807, 2.05) is 0 Å². The number of rotatable bonds is 13. The average molecular weight is 702 g/mol. The molecule has 1 aliphatic carbocycles. The Balaban J connectivity index is 0.00000462. The zero-order valence-electron chi connectivity index (χ0n) is 28.0. The van der Waals surface area contributed by atoms with Crippen LogP contribution in [0.1, 0.15) is 108 Å². The van der Waals surface area contributed by atoms with Crippen molar-refractivity contribution in [2.24, 2.45) is 0 Å². The number of benzene rings is 3. The van der Waals surface area contributed by atoms with Crippen LogP contribution in [0.15, 0.2) is 71.4 Å². The molecule has 44 heavy (non-hydrogen) atoms. The van der Waals surface area contributed by atoms with Crippen LogP contribution in [-0.4, -0.2) is 8.07 Å². The van der Waals surface area contributed by atoms with E-state index in [0.717, 1.165) is 51.4 Å². The average Bonchev–Trinajstić information content (AvgIpc) is 3.48. The second kappa shape index (κ2) is 20.2. The molecule has 0 aliphatic heterocycles. The van der Waals surface area contributed by atoms with Crippen LogP contribution in [0.2, 0.25) is 0 Å². The summed E-state index contributed by atoms with van der Waals surface area (Å²) in [4.78, 5) is 0. The maximum atomic E-state index is 4.13. The largest absolute Gasteiger partial charge is 4.00 e. The van der Waals surface area contributed by atoms with Gasteiger partial charge in [0, 0.05) is 0 Å². The predicted molar refractivity (Wildman–Crippen MR) is 179 cm³/mol. The molecule has 0 aromatic heterocycles. The van der Waals surface area contributed by atoms with Gasteiger partial charge in [-0.3, -0.25) is 6.08 Å². The van der Waals surface area contributed by atoms with Crippen LogP contribution in [0.3, 0.4) is 0 Å². The molecule has 0 fully saturated rings. The second-order valence-corrected chi connectivity index (χ2v) is 15.5. The normalized spacial score (nSPS) is 12.2. The van der Waals surface area contributed by atoms with Gasteiger partial charge in [0.15, 0.2) is 8.07 Å². The van der Waals surface area contributed by atoms with Gasteiger partial charge in [0.2, 0.25) is 0 Å². The number of aryl methyl sites for hydroxylation is 6. The zero-order valence-corrected chi connectivity index (χ0v) is 32.8. The molecule has 0 N–H and O–H groups in total. The minimum Gasteiger partial charge on any atom is -1.00 e. The van der Waals surface area contributed by atoms with E-state index in [1.165, 1.54) is 51.8 Å². The summed E-state index contributed by atoms with van der Waals surface area (Å²) in [6.07, 6.45) is 17.7. The minimum absolute atomic E-state index is 0. The van der Waals surface area contributed by atoms with Gasteiger partial charge in [0.25, 0.3) is 0 Å². The van der Waals surface area contributed by atoms with E-state index in [9.17, 15) is 0 Å². The minimum atomic E-state index is -2.60. The first kappa shape index (κ1) is 42.9. The van der Waals surface area contributed by atoms with E-state index < -0.39 is 8.07 Å². The molecule has 236 valence electrons. The van der Waals surface area contributed by atoms with Crippen molar-refractivity contribution in [3.8, 4) is 0 Å². The molecule has 0 spiro atoms.